The Bertz CT molecular complexity index is 280. The fourth-order valence-corrected chi connectivity index (χ4v) is 2.10. The Morgan fingerprint density at radius 2 is 2.07 bits per heavy atom. The fraction of sp³-hybridized carbons (Fsp3) is 0.727. The fourth-order valence-electron chi connectivity index (χ4n) is 2.10. The number of nitrogens with zero attached hydrogens (tertiary/aromatic N) is 1. The molecule has 0 radical (unpaired) electrons. The van der Waals surface area contributed by atoms with E-state index < -0.39 is 11.6 Å². The van der Waals surface area contributed by atoms with Gasteiger partial charge in [-0.2, -0.15) is 0 Å². The molecule has 0 saturated heterocycles. The van der Waals surface area contributed by atoms with Crippen molar-refractivity contribution in [3.05, 3.63) is 12.2 Å². The van der Waals surface area contributed by atoms with Gasteiger partial charge in [-0.05, 0) is 11.8 Å². The summed E-state index contributed by atoms with van der Waals surface area (Å²) in [6.45, 7) is 6.08. The molecule has 1 atom stereocenters. The molecule has 1 aliphatic heterocycles. The van der Waals surface area contributed by atoms with Crippen LogP contribution in [-0.2, 0) is 0 Å². The van der Waals surface area contributed by atoms with Crippen molar-refractivity contribution in [2.75, 3.05) is 13.2 Å². The first-order chi connectivity index (χ1) is 6.85. The third-order valence-electron chi connectivity index (χ3n) is 3.32. The number of amides is 1. The van der Waals surface area contributed by atoms with E-state index in [9.17, 15) is 9.90 Å². The first kappa shape index (κ1) is 12.0. The molecule has 4 heteroatoms. The predicted octanol–water partition coefficient (Wildman–Crippen LogP) is 1.70. The van der Waals surface area contributed by atoms with Crippen LogP contribution in [0, 0.1) is 5.41 Å². The Morgan fingerprint density at radius 1 is 1.47 bits per heavy atom. The molecule has 0 aromatic heterocycles. The maximum atomic E-state index is 11.2. The zero-order chi connectivity index (χ0) is 11.7. The third-order valence-corrected chi connectivity index (χ3v) is 3.32. The minimum absolute atomic E-state index is 0.146. The SMILES string of the molecule is CC(C)(C)[C@]1(CO)CC=CCN1C(=O)O. The van der Waals surface area contributed by atoms with E-state index in [1.54, 1.807) is 0 Å². The highest BCUT2D eigenvalue weighted by atomic mass is 16.4. The number of hydrogen-bond acceptors (Lipinski definition) is 2. The predicted molar refractivity (Wildman–Crippen MR) is 57.8 cm³/mol. The van der Waals surface area contributed by atoms with Gasteiger partial charge in [-0.1, -0.05) is 32.9 Å². The van der Waals surface area contributed by atoms with Crippen molar-refractivity contribution in [3.63, 3.8) is 0 Å². The molecule has 4 nitrogen and oxygen atoms in total. The molecular formula is C11H19NO3. The lowest BCUT2D eigenvalue weighted by Gasteiger charge is -2.51. The van der Waals surface area contributed by atoms with Crippen LogP contribution >= 0.6 is 0 Å². The van der Waals surface area contributed by atoms with Crippen molar-refractivity contribution >= 4 is 6.09 Å². The summed E-state index contributed by atoms with van der Waals surface area (Å²) < 4.78 is 0. The summed E-state index contributed by atoms with van der Waals surface area (Å²) in [5.74, 6) is 0. The van der Waals surface area contributed by atoms with Crippen molar-refractivity contribution in [1.82, 2.24) is 4.90 Å². The molecule has 1 amide bonds. The van der Waals surface area contributed by atoms with Crippen molar-refractivity contribution in [3.8, 4) is 0 Å². The molecule has 0 fully saturated rings. The van der Waals surface area contributed by atoms with Gasteiger partial charge in [0.25, 0.3) is 0 Å². The van der Waals surface area contributed by atoms with Crippen LogP contribution in [0.2, 0.25) is 0 Å². The minimum Gasteiger partial charge on any atom is -0.465 e. The van der Waals surface area contributed by atoms with E-state index in [4.69, 9.17) is 5.11 Å². The lowest BCUT2D eigenvalue weighted by molar-refractivity contribution is -0.0337. The normalized spacial score (nSPS) is 26.8. The highest BCUT2D eigenvalue weighted by Crippen LogP contribution is 2.40. The number of rotatable bonds is 1. The van der Waals surface area contributed by atoms with Gasteiger partial charge in [0.1, 0.15) is 0 Å². The highest BCUT2D eigenvalue weighted by Gasteiger charge is 2.48. The first-order valence-corrected chi connectivity index (χ1v) is 5.11. The van der Waals surface area contributed by atoms with E-state index in [0.717, 1.165) is 0 Å². The third kappa shape index (κ3) is 1.86. The van der Waals surface area contributed by atoms with Crippen LogP contribution < -0.4 is 0 Å². The largest absolute Gasteiger partial charge is 0.465 e. The van der Waals surface area contributed by atoms with E-state index in [2.05, 4.69) is 0 Å². The van der Waals surface area contributed by atoms with Crippen LogP contribution in [0.25, 0.3) is 0 Å². The van der Waals surface area contributed by atoms with Gasteiger partial charge in [-0.25, -0.2) is 4.79 Å². The molecule has 0 aliphatic carbocycles. The maximum Gasteiger partial charge on any atom is 0.408 e. The highest BCUT2D eigenvalue weighted by molar-refractivity contribution is 5.67. The van der Waals surface area contributed by atoms with Crippen LogP contribution in [0.1, 0.15) is 27.2 Å². The smallest absolute Gasteiger partial charge is 0.408 e. The summed E-state index contributed by atoms with van der Waals surface area (Å²) >= 11 is 0. The van der Waals surface area contributed by atoms with Crippen molar-refractivity contribution in [2.45, 2.75) is 32.7 Å². The Balaban J connectivity index is 3.14. The molecule has 0 unspecified atom stereocenters. The van der Waals surface area contributed by atoms with Crippen LogP contribution in [0.15, 0.2) is 12.2 Å². The molecule has 15 heavy (non-hydrogen) atoms. The van der Waals surface area contributed by atoms with Crippen LogP contribution in [-0.4, -0.2) is 39.9 Å². The Morgan fingerprint density at radius 3 is 2.40 bits per heavy atom. The molecule has 0 saturated carbocycles. The maximum absolute atomic E-state index is 11.2. The van der Waals surface area contributed by atoms with Gasteiger partial charge in [0.05, 0.1) is 12.1 Å². The lowest BCUT2D eigenvalue weighted by Crippen LogP contribution is -2.62. The van der Waals surface area contributed by atoms with Crippen LogP contribution in [0.3, 0.4) is 0 Å². The lowest BCUT2D eigenvalue weighted by atomic mass is 9.69. The molecule has 1 rings (SSSR count). The second-order valence-electron chi connectivity index (χ2n) is 5.01. The van der Waals surface area contributed by atoms with Crippen LogP contribution in [0.4, 0.5) is 4.79 Å². The Kier molecular flexibility index (Phi) is 3.09. The number of aliphatic hydroxyl groups is 1. The number of hydrogen-bond donors (Lipinski definition) is 2. The summed E-state index contributed by atoms with van der Waals surface area (Å²) in [4.78, 5) is 12.5. The molecule has 1 aliphatic rings. The molecule has 0 spiro atoms. The molecule has 86 valence electrons. The van der Waals surface area contributed by atoms with Crippen LogP contribution in [0.5, 0.6) is 0 Å². The molecular weight excluding hydrogens is 194 g/mol. The van der Waals surface area contributed by atoms with Gasteiger partial charge in [-0.3, -0.25) is 4.90 Å². The average Bonchev–Trinajstić information content (AvgIpc) is 2.15. The molecule has 0 aromatic carbocycles. The summed E-state index contributed by atoms with van der Waals surface area (Å²) in [7, 11) is 0. The molecule has 1 heterocycles. The van der Waals surface area contributed by atoms with E-state index in [-0.39, 0.29) is 12.0 Å². The number of carboxylic acid groups (broad SMARTS) is 1. The van der Waals surface area contributed by atoms with E-state index in [1.807, 2.05) is 32.9 Å². The summed E-state index contributed by atoms with van der Waals surface area (Å²) in [5, 5.41) is 18.7. The molecule has 0 bridgehead atoms. The van der Waals surface area contributed by atoms with Crippen molar-refractivity contribution < 1.29 is 15.0 Å². The monoisotopic (exact) mass is 213 g/mol. The topological polar surface area (TPSA) is 60.8 Å². The van der Waals surface area contributed by atoms with Gasteiger partial charge < -0.3 is 10.2 Å². The second kappa shape index (κ2) is 3.85. The second-order valence-corrected chi connectivity index (χ2v) is 5.01. The quantitative estimate of drug-likeness (QED) is 0.652. The number of aliphatic hydroxyl groups excluding tert-OH is 1. The van der Waals surface area contributed by atoms with Gasteiger partial charge in [0.2, 0.25) is 0 Å². The zero-order valence-corrected chi connectivity index (χ0v) is 9.53. The zero-order valence-electron chi connectivity index (χ0n) is 9.53. The standard InChI is InChI=1S/C11H19NO3/c1-10(2,3)11(8-13)6-4-5-7-12(11)9(14)15/h4-5,13H,6-8H2,1-3H3,(H,14,15)/t11-/m1/s1. The Hall–Kier alpha value is -1.03. The van der Waals surface area contributed by atoms with Crippen molar-refractivity contribution in [1.29, 1.82) is 0 Å². The molecule has 0 aromatic rings. The van der Waals surface area contributed by atoms with Crippen molar-refractivity contribution in [2.24, 2.45) is 5.41 Å². The summed E-state index contributed by atoms with van der Waals surface area (Å²) in [6, 6.07) is 0. The van der Waals surface area contributed by atoms with E-state index in [1.165, 1.54) is 4.90 Å². The number of carbonyl (C=O) groups is 1. The van der Waals surface area contributed by atoms with Gasteiger partial charge >= 0.3 is 6.09 Å². The Labute approximate surface area is 90.2 Å². The summed E-state index contributed by atoms with van der Waals surface area (Å²) in [5.41, 5.74) is -0.988. The van der Waals surface area contributed by atoms with Gasteiger partial charge in [0.15, 0.2) is 0 Å². The first-order valence-electron chi connectivity index (χ1n) is 5.11. The van der Waals surface area contributed by atoms with Gasteiger partial charge in [-0.15, -0.1) is 0 Å². The molecule has 2 N–H and O–H groups in total. The minimum atomic E-state index is -0.969. The van der Waals surface area contributed by atoms with E-state index in [0.29, 0.717) is 13.0 Å². The van der Waals surface area contributed by atoms with Gasteiger partial charge in [0, 0.05) is 6.54 Å². The van der Waals surface area contributed by atoms with E-state index >= 15 is 0 Å². The summed E-state index contributed by atoms with van der Waals surface area (Å²) in [6.07, 6.45) is 3.37. The average molecular weight is 213 g/mol.